The molecular weight excluding hydrogens is 577 g/mol. The van der Waals surface area contributed by atoms with Crippen molar-refractivity contribution in [3.05, 3.63) is 47.5 Å². The normalized spacial score (nSPS) is 15.4. The van der Waals surface area contributed by atoms with E-state index in [-0.39, 0.29) is 30.7 Å². The van der Waals surface area contributed by atoms with E-state index < -0.39 is 52.0 Å². The fourth-order valence-electron chi connectivity index (χ4n) is 3.86. The Bertz CT molecular complexity index is 1400. The van der Waals surface area contributed by atoms with Crippen LogP contribution in [0, 0.1) is 5.41 Å². The highest BCUT2D eigenvalue weighted by Crippen LogP contribution is 2.36. The third kappa shape index (κ3) is 7.77. The number of nitrogens with zero attached hydrogens (tertiary/aromatic N) is 1. The number of methoxy groups -OCH3 is 2. The van der Waals surface area contributed by atoms with Crippen molar-refractivity contribution in [1.82, 2.24) is 9.79 Å². The number of hydroxylamine groups is 1. The first-order valence-corrected chi connectivity index (χ1v) is 13.2. The van der Waals surface area contributed by atoms with Crippen molar-refractivity contribution in [2.24, 2.45) is 5.73 Å². The molecule has 17 heteroatoms. The van der Waals surface area contributed by atoms with Crippen LogP contribution in [0.15, 0.2) is 41.3 Å². The Kier molecular flexibility index (Phi) is 10.0. The molecule has 0 aromatic heterocycles. The van der Waals surface area contributed by atoms with Gasteiger partial charge in [-0.1, -0.05) is 6.07 Å². The number of hydrogen-bond acceptors (Lipinski definition) is 10. The van der Waals surface area contributed by atoms with E-state index in [0.717, 1.165) is 6.07 Å². The summed E-state index contributed by atoms with van der Waals surface area (Å²) >= 11 is 0. The Balaban J connectivity index is 1.93. The lowest BCUT2D eigenvalue weighted by atomic mass is 9.95. The Labute approximate surface area is 232 Å². The van der Waals surface area contributed by atoms with Crippen LogP contribution < -0.4 is 25.4 Å². The van der Waals surface area contributed by atoms with Crippen LogP contribution in [0.3, 0.4) is 0 Å². The SMILES string of the molecule is COc1ccc(OC)c(S(=O)(=O)N2Cc3cc(OCCCONC(=N)N)ccc3C[C@H]2C(=O)OC(=O)C(F)(F)F)c1. The molecule has 13 nitrogen and oxygen atoms in total. The van der Waals surface area contributed by atoms with Gasteiger partial charge in [0.05, 0.1) is 27.4 Å². The number of carbonyl (C=O) groups excluding carboxylic acids is 2. The van der Waals surface area contributed by atoms with E-state index in [1.54, 1.807) is 0 Å². The van der Waals surface area contributed by atoms with Crippen LogP contribution in [0.2, 0.25) is 0 Å². The number of hydrogen-bond donors (Lipinski definition) is 3. The quantitative estimate of drug-likeness (QED) is 0.0848. The van der Waals surface area contributed by atoms with Crippen LogP contribution >= 0.6 is 0 Å². The van der Waals surface area contributed by atoms with Crippen LogP contribution in [0.25, 0.3) is 0 Å². The summed E-state index contributed by atoms with van der Waals surface area (Å²) in [6.45, 7) is -0.129. The lowest BCUT2D eigenvalue weighted by molar-refractivity contribution is -0.203. The molecule has 1 atom stereocenters. The second-order valence-corrected chi connectivity index (χ2v) is 10.3. The molecule has 2 aromatic rings. The molecule has 0 saturated heterocycles. The average molecular weight is 605 g/mol. The summed E-state index contributed by atoms with van der Waals surface area (Å²) in [5, 5.41) is 7.01. The summed E-state index contributed by atoms with van der Waals surface area (Å²) in [6.07, 6.45) is -5.47. The third-order valence-electron chi connectivity index (χ3n) is 5.76. The van der Waals surface area contributed by atoms with Crippen LogP contribution in [0.4, 0.5) is 13.2 Å². The zero-order chi connectivity index (χ0) is 30.4. The maximum atomic E-state index is 13.8. The minimum absolute atomic E-state index is 0.117. The van der Waals surface area contributed by atoms with Crippen molar-refractivity contribution in [2.45, 2.75) is 36.5 Å². The molecule has 1 aliphatic heterocycles. The lowest BCUT2D eigenvalue weighted by Crippen LogP contribution is -2.50. The zero-order valence-corrected chi connectivity index (χ0v) is 22.6. The fourth-order valence-corrected chi connectivity index (χ4v) is 5.59. The first-order valence-electron chi connectivity index (χ1n) is 11.8. The Morgan fingerprint density at radius 3 is 2.41 bits per heavy atom. The summed E-state index contributed by atoms with van der Waals surface area (Å²) in [7, 11) is -2.14. The number of nitrogens with one attached hydrogen (secondary N) is 2. The Morgan fingerprint density at radius 1 is 1.07 bits per heavy atom. The van der Waals surface area contributed by atoms with Crippen LogP contribution in [-0.2, 0) is 42.2 Å². The largest absolute Gasteiger partial charge is 0.497 e. The van der Waals surface area contributed by atoms with Gasteiger partial charge in [-0.2, -0.15) is 17.5 Å². The van der Waals surface area contributed by atoms with Gasteiger partial charge in [-0.05, 0) is 35.4 Å². The highest BCUT2D eigenvalue weighted by molar-refractivity contribution is 7.89. The maximum absolute atomic E-state index is 13.8. The van der Waals surface area contributed by atoms with Gasteiger partial charge in [-0.15, -0.1) is 0 Å². The minimum Gasteiger partial charge on any atom is -0.497 e. The number of halogens is 3. The van der Waals surface area contributed by atoms with E-state index in [1.165, 1.54) is 44.6 Å². The molecule has 41 heavy (non-hydrogen) atoms. The van der Waals surface area contributed by atoms with Crippen molar-refractivity contribution in [1.29, 1.82) is 5.41 Å². The number of rotatable bonds is 11. The monoisotopic (exact) mass is 604 g/mol. The molecule has 1 aliphatic rings. The molecule has 1 heterocycles. The van der Waals surface area contributed by atoms with Crippen molar-refractivity contribution in [3.8, 4) is 17.2 Å². The molecule has 0 bridgehead atoms. The van der Waals surface area contributed by atoms with Crippen molar-refractivity contribution in [3.63, 3.8) is 0 Å². The van der Waals surface area contributed by atoms with Gasteiger partial charge in [-0.3, -0.25) is 10.2 Å². The van der Waals surface area contributed by atoms with Crippen molar-refractivity contribution < 1.29 is 55.0 Å². The molecule has 0 saturated carbocycles. The topological polar surface area (TPSA) is 180 Å². The molecule has 0 aliphatic carbocycles. The molecule has 4 N–H and O–H groups in total. The summed E-state index contributed by atoms with van der Waals surface area (Å²) in [5.74, 6) is -4.47. The minimum atomic E-state index is -5.47. The van der Waals surface area contributed by atoms with Gasteiger partial charge >= 0.3 is 18.1 Å². The molecule has 0 radical (unpaired) electrons. The smallest absolute Gasteiger partial charge is 0.491 e. The van der Waals surface area contributed by atoms with Gasteiger partial charge in [0, 0.05) is 25.5 Å². The predicted molar refractivity (Wildman–Crippen MR) is 134 cm³/mol. The van der Waals surface area contributed by atoms with E-state index in [0.29, 0.717) is 27.6 Å². The maximum Gasteiger partial charge on any atom is 0.491 e. The zero-order valence-electron chi connectivity index (χ0n) is 21.8. The number of esters is 2. The number of ether oxygens (including phenoxy) is 4. The highest BCUT2D eigenvalue weighted by Gasteiger charge is 2.47. The summed E-state index contributed by atoms with van der Waals surface area (Å²) in [5.41, 5.74) is 8.10. The average Bonchev–Trinajstić information content (AvgIpc) is 2.92. The van der Waals surface area contributed by atoms with Crippen molar-refractivity contribution >= 4 is 27.9 Å². The van der Waals surface area contributed by atoms with E-state index in [2.05, 4.69) is 10.2 Å². The number of sulfonamides is 1. The Morgan fingerprint density at radius 2 is 1.78 bits per heavy atom. The number of carbonyl (C=O) groups is 2. The molecular formula is C24H27F3N4O9S. The van der Waals surface area contributed by atoms with E-state index in [1.807, 2.05) is 0 Å². The molecule has 2 aromatic carbocycles. The van der Waals surface area contributed by atoms with Gasteiger partial charge in [0.25, 0.3) is 0 Å². The predicted octanol–water partition coefficient (Wildman–Crippen LogP) is 1.64. The first-order chi connectivity index (χ1) is 19.3. The van der Waals surface area contributed by atoms with Crippen molar-refractivity contribution in [2.75, 3.05) is 27.4 Å². The number of nitrogens with two attached hydrogens (primary N) is 1. The van der Waals surface area contributed by atoms with Crippen LogP contribution in [0.5, 0.6) is 17.2 Å². The summed E-state index contributed by atoms with van der Waals surface area (Å²) in [4.78, 5) is 28.7. The third-order valence-corrected chi connectivity index (χ3v) is 7.64. The first kappa shape index (κ1) is 31.4. The van der Waals surface area contributed by atoms with E-state index in [4.69, 9.17) is 30.2 Å². The Hall–Kier alpha value is -4.09. The van der Waals surface area contributed by atoms with Gasteiger partial charge in [0.2, 0.25) is 16.0 Å². The van der Waals surface area contributed by atoms with Gasteiger partial charge in [0.15, 0.2) is 0 Å². The van der Waals surface area contributed by atoms with Crippen LogP contribution in [-0.4, -0.2) is 70.3 Å². The fraction of sp³-hybridized carbons (Fsp3) is 0.375. The summed E-state index contributed by atoms with van der Waals surface area (Å²) < 4.78 is 86.7. The van der Waals surface area contributed by atoms with E-state index >= 15 is 0 Å². The molecule has 0 fully saturated rings. The second kappa shape index (κ2) is 13.0. The number of guanidine groups is 1. The van der Waals surface area contributed by atoms with Gasteiger partial charge in [-0.25, -0.2) is 23.5 Å². The molecule has 3 rings (SSSR count). The molecule has 0 unspecified atom stereocenters. The molecule has 0 amide bonds. The number of fused-ring (bicyclic) bond motifs is 1. The highest BCUT2D eigenvalue weighted by atomic mass is 32.2. The standard InChI is InChI=1S/C24H27F3N4O9S/c1-36-16-6-7-19(37-2)20(12-16)41(34,35)31-13-15-10-17(38-8-3-9-39-30-23(28)29)5-4-14(15)11-18(31)21(32)40-22(33)24(25,26)27/h4-7,10,12,18H,3,8-9,11,13H2,1-2H3,(H4,28,29,30)/t18-/m0/s1. The summed E-state index contributed by atoms with van der Waals surface area (Å²) in [6, 6.07) is 6.65. The second-order valence-electron chi connectivity index (χ2n) is 8.49. The number of benzene rings is 2. The lowest BCUT2D eigenvalue weighted by Gasteiger charge is -2.34. The number of alkyl halides is 3. The van der Waals surface area contributed by atoms with E-state index in [9.17, 15) is 31.2 Å². The van der Waals surface area contributed by atoms with Gasteiger partial charge < -0.3 is 24.7 Å². The molecule has 0 spiro atoms. The van der Waals surface area contributed by atoms with Gasteiger partial charge in [0.1, 0.15) is 28.2 Å². The molecule has 224 valence electrons. The van der Waals surface area contributed by atoms with Crippen LogP contribution in [0.1, 0.15) is 17.5 Å².